The molecule has 1 amide bonds. The number of piperazine rings is 1. The van der Waals surface area contributed by atoms with Crippen molar-refractivity contribution in [1.82, 2.24) is 24.4 Å². The number of amides is 1. The summed E-state index contributed by atoms with van der Waals surface area (Å²) in [6, 6.07) is 7.46. The van der Waals surface area contributed by atoms with Crippen LogP contribution < -0.4 is 16.3 Å². The molecular weight excluding hydrogens is 557 g/mol. The Bertz CT molecular complexity index is 1760. The van der Waals surface area contributed by atoms with Gasteiger partial charge >= 0.3 is 5.69 Å². The predicted molar refractivity (Wildman–Crippen MR) is 165 cm³/mol. The fourth-order valence-electron chi connectivity index (χ4n) is 5.83. The summed E-state index contributed by atoms with van der Waals surface area (Å²) >= 11 is 6.79. The van der Waals surface area contributed by atoms with Gasteiger partial charge in [-0.25, -0.2) is 18.7 Å². The van der Waals surface area contributed by atoms with Crippen LogP contribution >= 0.6 is 11.6 Å². The molecule has 1 aliphatic heterocycles. The fourth-order valence-corrected chi connectivity index (χ4v) is 6.08. The molecule has 4 aromatic rings. The zero-order valence-electron chi connectivity index (χ0n) is 24.2. The summed E-state index contributed by atoms with van der Waals surface area (Å²) in [5.74, 6) is -0.385. The largest absolute Gasteiger partial charge is 0.398 e. The topological polar surface area (TPSA) is 110 Å². The number of nitrogens with two attached hydrogens (primary N) is 1. The zero-order valence-corrected chi connectivity index (χ0v) is 25.0. The molecule has 218 valence electrons. The van der Waals surface area contributed by atoms with Crippen LogP contribution in [-0.2, 0) is 4.79 Å². The van der Waals surface area contributed by atoms with Crippen LogP contribution in [0, 0.1) is 12.7 Å². The predicted octanol–water partition coefficient (Wildman–Crippen LogP) is 5.26. The third kappa shape index (κ3) is 4.89. The summed E-state index contributed by atoms with van der Waals surface area (Å²) in [6.07, 6.45) is 3.01. The number of pyridine rings is 2. The number of anilines is 2. The van der Waals surface area contributed by atoms with Gasteiger partial charge in [-0.3, -0.25) is 9.78 Å². The van der Waals surface area contributed by atoms with Crippen molar-refractivity contribution in [1.29, 1.82) is 0 Å². The van der Waals surface area contributed by atoms with E-state index < -0.39 is 11.5 Å². The van der Waals surface area contributed by atoms with Crippen LogP contribution in [0.5, 0.6) is 0 Å². The van der Waals surface area contributed by atoms with E-state index in [-0.39, 0.29) is 51.5 Å². The zero-order chi connectivity index (χ0) is 30.5. The molecule has 42 heavy (non-hydrogen) atoms. The van der Waals surface area contributed by atoms with E-state index in [0.717, 1.165) is 5.56 Å². The van der Waals surface area contributed by atoms with Gasteiger partial charge in [-0.2, -0.15) is 4.98 Å². The highest BCUT2D eigenvalue weighted by molar-refractivity contribution is 6.34. The molecule has 1 aliphatic rings. The van der Waals surface area contributed by atoms with Crippen molar-refractivity contribution in [3.05, 3.63) is 81.8 Å². The van der Waals surface area contributed by atoms with Crippen LogP contribution in [0.2, 0.25) is 5.02 Å². The Morgan fingerprint density at radius 3 is 2.50 bits per heavy atom. The second kappa shape index (κ2) is 11.2. The number of nitrogens with zero attached hydrogens (tertiary/aromatic N) is 6. The van der Waals surface area contributed by atoms with Crippen LogP contribution in [0.1, 0.15) is 44.9 Å². The quantitative estimate of drug-likeness (QED) is 0.250. The van der Waals surface area contributed by atoms with E-state index in [4.69, 9.17) is 22.3 Å². The number of nitrogen functional groups attached to an aromatic ring is 1. The van der Waals surface area contributed by atoms with Crippen molar-refractivity contribution in [3.63, 3.8) is 0 Å². The molecule has 0 spiro atoms. The van der Waals surface area contributed by atoms with Crippen molar-refractivity contribution in [2.75, 3.05) is 23.7 Å². The Kier molecular flexibility index (Phi) is 7.76. The molecule has 2 N–H and O–H groups in total. The van der Waals surface area contributed by atoms with Crippen molar-refractivity contribution >= 4 is 40.0 Å². The van der Waals surface area contributed by atoms with Gasteiger partial charge in [0, 0.05) is 37.1 Å². The first-order valence-electron chi connectivity index (χ1n) is 13.8. The third-order valence-electron chi connectivity index (χ3n) is 7.66. The Hall–Kier alpha value is -4.31. The van der Waals surface area contributed by atoms with E-state index in [9.17, 15) is 9.59 Å². The highest BCUT2D eigenvalue weighted by Gasteiger charge is 2.34. The molecule has 1 aromatic carbocycles. The minimum absolute atomic E-state index is 0.0207. The maximum Gasteiger partial charge on any atom is 0.355 e. The molecule has 9 nitrogen and oxygen atoms in total. The molecule has 2 atom stereocenters. The first kappa shape index (κ1) is 29.2. The number of hydrogen-bond acceptors (Lipinski definition) is 7. The van der Waals surface area contributed by atoms with Gasteiger partial charge in [0.15, 0.2) is 5.65 Å². The molecule has 0 bridgehead atoms. The molecule has 0 radical (unpaired) electrons. The average Bonchev–Trinajstić information content (AvgIpc) is 2.92. The van der Waals surface area contributed by atoms with E-state index in [2.05, 4.69) is 16.5 Å². The standard InChI is InChI=1S/C31H33ClFN7O2/c1-7-24(41)39-18(5)14-38(15-19(39)6)29-20-13-21(32)27(25-22(33)9-8-10-23(25)34)36-30(20)40(31(42)37-29)28-17(4)11-12-35-26(28)16(2)3/h7-13,16,18-19H,1,14-15,34H2,2-6H3/t18-,19+. The summed E-state index contributed by atoms with van der Waals surface area (Å²) in [4.78, 5) is 44.3. The number of halogens is 2. The number of carbonyl (C=O) groups is 1. The van der Waals surface area contributed by atoms with Crippen LogP contribution in [0.15, 0.2) is 54.0 Å². The summed E-state index contributed by atoms with van der Waals surface area (Å²) in [5.41, 5.74) is 8.24. The van der Waals surface area contributed by atoms with Crippen molar-refractivity contribution in [2.24, 2.45) is 0 Å². The first-order chi connectivity index (χ1) is 19.9. The van der Waals surface area contributed by atoms with E-state index in [1.54, 1.807) is 23.2 Å². The molecule has 0 unspecified atom stereocenters. The van der Waals surface area contributed by atoms with Crippen molar-refractivity contribution in [2.45, 2.75) is 52.6 Å². The van der Waals surface area contributed by atoms with E-state index in [1.807, 2.05) is 45.6 Å². The minimum atomic E-state index is -0.585. The number of aromatic nitrogens is 4. The van der Waals surface area contributed by atoms with Crippen molar-refractivity contribution in [3.8, 4) is 16.9 Å². The monoisotopic (exact) mass is 589 g/mol. The van der Waals surface area contributed by atoms with Gasteiger partial charge in [0.25, 0.3) is 0 Å². The molecule has 3 aromatic heterocycles. The molecule has 0 saturated carbocycles. The van der Waals surface area contributed by atoms with E-state index in [0.29, 0.717) is 35.7 Å². The molecule has 0 aliphatic carbocycles. The summed E-state index contributed by atoms with van der Waals surface area (Å²) in [5, 5.41) is 0.653. The number of rotatable bonds is 5. The lowest BCUT2D eigenvalue weighted by Gasteiger charge is -2.44. The van der Waals surface area contributed by atoms with Gasteiger partial charge in [-0.1, -0.05) is 38.1 Å². The number of benzene rings is 1. The number of carbonyl (C=O) groups excluding carboxylic acids is 1. The molecular formula is C31H33ClFN7O2. The molecule has 4 heterocycles. The number of fused-ring (bicyclic) bond motifs is 1. The van der Waals surface area contributed by atoms with Gasteiger partial charge in [0.1, 0.15) is 11.6 Å². The Balaban J connectivity index is 1.83. The second-order valence-electron chi connectivity index (χ2n) is 11.0. The summed E-state index contributed by atoms with van der Waals surface area (Å²) < 4.78 is 16.6. The Morgan fingerprint density at radius 1 is 1.19 bits per heavy atom. The van der Waals surface area contributed by atoms with Gasteiger partial charge < -0.3 is 15.5 Å². The van der Waals surface area contributed by atoms with E-state index >= 15 is 4.39 Å². The third-order valence-corrected chi connectivity index (χ3v) is 7.94. The maximum absolute atomic E-state index is 15.1. The van der Waals surface area contributed by atoms with Crippen LogP contribution in [0.25, 0.3) is 28.0 Å². The highest BCUT2D eigenvalue weighted by atomic mass is 35.5. The van der Waals surface area contributed by atoms with Crippen molar-refractivity contribution < 1.29 is 9.18 Å². The lowest BCUT2D eigenvalue weighted by Crippen LogP contribution is -2.58. The Morgan fingerprint density at radius 2 is 1.88 bits per heavy atom. The maximum atomic E-state index is 15.1. The number of aryl methyl sites for hydroxylation is 1. The minimum Gasteiger partial charge on any atom is -0.398 e. The lowest BCUT2D eigenvalue weighted by atomic mass is 10.0. The SMILES string of the molecule is C=CC(=O)N1[C@H](C)CN(c2nc(=O)n(-c3c(C)ccnc3C(C)C)c3nc(-c4c(N)cccc4F)c(Cl)cc23)C[C@@H]1C. The van der Waals surface area contributed by atoms with E-state index in [1.165, 1.54) is 22.8 Å². The molecule has 1 fully saturated rings. The molecule has 5 rings (SSSR count). The lowest BCUT2D eigenvalue weighted by molar-refractivity contribution is -0.130. The van der Waals surface area contributed by atoms with Crippen LogP contribution in [0.3, 0.4) is 0 Å². The summed E-state index contributed by atoms with van der Waals surface area (Å²) in [7, 11) is 0. The average molecular weight is 590 g/mol. The second-order valence-corrected chi connectivity index (χ2v) is 11.4. The molecule has 1 saturated heterocycles. The van der Waals surface area contributed by atoms with Gasteiger partial charge in [-0.15, -0.1) is 0 Å². The van der Waals surface area contributed by atoms with Crippen LogP contribution in [-0.4, -0.2) is 55.5 Å². The van der Waals surface area contributed by atoms with Gasteiger partial charge in [0.05, 0.1) is 33.0 Å². The normalized spacial score (nSPS) is 17.2. The fraction of sp³-hybridized carbons (Fsp3) is 0.323. The first-order valence-corrected chi connectivity index (χ1v) is 14.2. The highest BCUT2D eigenvalue weighted by Crippen LogP contribution is 2.38. The van der Waals surface area contributed by atoms with Crippen LogP contribution in [0.4, 0.5) is 15.9 Å². The van der Waals surface area contributed by atoms with Gasteiger partial charge in [-0.05, 0) is 62.6 Å². The Labute approximate surface area is 248 Å². The number of hydrogen-bond donors (Lipinski definition) is 1. The molecule has 11 heteroatoms. The van der Waals surface area contributed by atoms with Gasteiger partial charge in [0.2, 0.25) is 5.91 Å². The summed E-state index contributed by atoms with van der Waals surface area (Å²) in [6.45, 7) is 14.2. The smallest absolute Gasteiger partial charge is 0.355 e.